The second kappa shape index (κ2) is 7.24. The topological polar surface area (TPSA) is 45.7 Å². The molecule has 0 unspecified atom stereocenters. The van der Waals surface area contributed by atoms with Gasteiger partial charge < -0.3 is 9.64 Å². The van der Waals surface area contributed by atoms with E-state index in [1.165, 1.54) is 19.3 Å². The van der Waals surface area contributed by atoms with Gasteiger partial charge in [0.2, 0.25) is 5.91 Å². The Hall–Kier alpha value is -1.66. The Kier molecular flexibility index (Phi) is 4.82. The Morgan fingerprint density at radius 3 is 2.38 bits per heavy atom. The van der Waals surface area contributed by atoms with Crippen LogP contribution in [0.4, 0.5) is 5.13 Å². The Balaban J connectivity index is 1.49. The van der Waals surface area contributed by atoms with Crippen molar-refractivity contribution in [3.8, 4) is 5.75 Å². The molecule has 0 N–H and O–H groups in total. The zero-order chi connectivity index (χ0) is 20.2. The first-order valence-electron chi connectivity index (χ1n) is 10.9. The smallest absolute Gasteiger partial charge is 0.235 e. The van der Waals surface area contributed by atoms with E-state index in [2.05, 4.69) is 19.0 Å². The first-order chi connectivity index (χ1) is 14.0. The second-order valence-corrected chi connectivity index (χ2v) is 10.8. The minimum absolute atomic E-state index is 0.142. The number of hydrogen-bond acceptors (Lipinski definition) is 5. The van der Waals surface area contributed by atoms with E-state index in [0.717, 1.165) is 64.7 Å². The predicted octanol–water partition coefficient (Wildman–Crippen LogP) is 4.42. The molecule has 0 spiro atoms. The third-order valence-electron chi connectivity index (χ3n) is 7.32. The van der Waals surface area contributed by atoms with Crippen LogP contribution in [0.2, 0.25) is 0 Å². The summed E-state index contributed by atoms with van der Waals surface area (Å²) in [5.74, 6) is 3.46. The van der Waals surface area contributed by atoms with E-state index in [-0.39, 0.29) is 5.41 Å². The zero-order valence-corrected chi connectivity index (χ0v) is 18.5. The Labute approximate surface area is 177 Å². The van der Waals surface area contributed by atoms with Crippen LogP contribution in [0.1, 0.15) is 38.5 Å². The minimum Gasteiger partial charge on any atom is -0.497 e. The van der Waals surface area contributed by atoms with Crippen LogP contribution in [0.25, 0.3) is 10.2 Å². The maximum atomic E-state index is 14.1. The largest absolute Gasteiger partial charge is 0.497 e. The van der Waals surface area contributed by atoms with Crippen molar-refractivity contribution in [1.82, 2.24) is 9.88 Å². The zero-order valence-electron chi connectivity index (χ0n) is 17.7. The second-order valence-electron chi connectivity index (χ2n) is 9.79. The molecular weight excluding hydrogens is 382 g/mol. The molecule has 156 valence electrons. The Morgan fingerprint density at radius 1 is 1.14 bits per heavy atom. The van der Waals surface area contributed by atoms with E-state index < -0.39 is 0 Å². The van der Waals surface area contributed by atoms with Crippen LogP contribution in [-0.2, 0) is 4.79 Å². The van der Waals surface area contributed by atoms with E-state index in [0.29, 0.717) is 12.5 Å². The van der Waals surface area contributed by atoms with Crippen molar-refractivity contribution < 1.29 is 9.53 Å². The molecule has 0 saturated heterocycles. The van der Waals surface area contributed by atoms with Crippen LogP contribution < -0.4 is 9.64 Å². The number of carbonyl (C=O) groups is 1. The third-order valence-corrected chi connectivity index (χ3v) is 8.36. The Bertz CT molecular complexity index is 887. The maximum Gasteiger partial charge on any atom is 0.235 e. The van der Waals surface area contributed by atoms with Crippen molar-refractivity contribution in [1.29, 1.82) is 0 Å². The molecule has 4 saturated carbocycles. The van der Waals surface area contributed by atoms with Gasteiger partial charge in [-0.15, -0.1) is 0 Å². The van der Waals surface area contributed by atoms with Crippen molar-refractivity contribution in [3.63, 3.8) is 0 Å². The lowest BCUT2D eigenvalue weighted by molar-refractivity contribution is -0.143. The van der Waals surface area contributed by atoms with Gasteiger partial charge in [-0.05, 0) is 88.6 Å². The molecule has 1 aromatic heterocycles. The lowest BCUT2D eigenvalue weighted by Gasteiger charge is -2.56. The molecule has 4 aliphatic rings. The summed E-state index contributed by atoms with van der Waals surface area (Å²) in [6, 6.07) is 5.96. The number of thiazole rings is 1. The number of amides is 1. The number of hydrogen-bond donors (Lipinski definition) is 0. The molecule has 4 aliphatic carbocycles. The van der Waals surface area contributed by atoms with Crippen LogP contribution >= 0.6 is 11.3 Å². The van der Waals surface area contributed by atoms with Gasteiger partial charge in [0.05, 0.1) is 22.7 Å². The van der Waals surface area contributed by atoms with Gasteiger partial charge in [-0.25, -0.2) is 4.98 Å². The fourth-order valence-corrected chi connectivity index (χ4v) is 7.40. The van der Waals surface area contributed by atoms with Gasteiger partial charge in [-0.3, -0.25) is 9.69 Å². The standard InChI is InChI=1S/C23H31N3O2S/c1-25(2)6-7-26(22-24-19-5-4-18(28-3)11-20(19)29-22)21(27)23-12-15-8-16(13-23)10-17(9-15)14-23/h4-5,11,15-17H,6-10,12-14H2,1-3H3. The summed E-state index contributed by atoms with van der Waals surface area (Å²) in [6.45, 7) is 1.54. The van der Waals surface area contributed by atoms with Crippen LogP contribution in [0.3, 0.4) is 0 Å². The van der Waals surface area contributed by atoms with Crippen molar-refractivity contribution in [2.24, 2.45) is 23.2 Å². The fraction of sp³-hybridized carbons (Fsp3) is 0.652. The average Bonchev–Trinajstić information content (AvgIpc) is 3.09. The number of anilines is 1. The highest BCUT2D eigenvalue weighted by Gasteiger charge is 2.55. The van der Waals surface area contributed by atoms with Gasteiger partial charge in [-0.2, -0.15) is 0 Å². The normalized spacial score (nSPS) is 30.3. The molecule has 1 amide bonds. The molecule has 6 heteroatoms. The lowest BCUT2D eigenvalue weighted by atomic mass is 9.49. The summed E-state index contributed by atoms with van der Waals surface area (Å²) < 4.78 is 6.45. The first kappa shape index (κ1) is 19.3. The number of fused-ring (bicyclic) bond motifs is 1. The van der Waals surface area contributed by atoms with E-state index >= 15 is 0 Å². The quantitative estimate of drug-likeness (QED) is 0.703. The number of carbonyl (C=O) groups excluding carboxylic acids is 1. The number of aromatic nitrogens is 1. The molecule has 0 aliphatic heterocycles. The van der Waals surface area contributed by atoms with Crippen LogP contribution in [0, 0.1) is 23.2 Å². The molecule has 4 bridgehead atoms. The third kappa shape index (κ3) is 3.44. The van der Waals surface area contributed by atoms with Gasteiger partial charge in [0.25, 0.3) is 0 Å². The van der Waals surface area contributed by atoms with E-state index in [1.54, 1.807) is 18.4 Å². The Morgan fingerprint density at radius 2 is 1.79 bits per heavy atom. The van der Waals surface area contributed by atoms with Crippen molar-refractivity contribution in [3.05, 3.63) is 18.2 Å². The highest BCUT2D eigenvalue weighted by atomic mass is 32.1. The molecule has 1 heterocycles. The van der Waals surface area contributed by atoms with Gasteiger partial charge in [0, 0.05) is 13.1 Å². The van der Waals surface area contributed by atoms with E-state index in [1.807, 2.05) is 23.1 Å². The van der Waals surface area contributed by atoms with Crippen molar-refractivity contribution in [2.75, 3.05) is 39.2 Å². The lowest BCUT2D eigenvalue weighted by Crippen LogP contribution is -2.55. The highest BCUT2D eigenvalue weighted by molar-refractivity contribution is 7.22. The minimum atomic E-state index is -0.142. The van der Waals surface area contributed by atoms with Gasteiger partial charge in [-0.1, -0.05) is 11.3 Å². The molecule has 6 rings (SSSR count). The van der Waals surface area contributed by atoms with Crippen molar-refractivity contribution >= 4 is 32.6 Å². The fourth-order valence-electron chi connectivity index (χ4n) is 6.38. The summed E-state index contributed by atoms with van der Waals surface area (Å²) in [7, 11) is 5.82. The number of nitrogens with zero attached hydrogens (tertiary/aromatic N) is 3. The molecule has 0 radical (unpaired) electrons. The molecule has 2 aromatic rings. The molecule has 1 aromatic carbocycles. The molecule has 0 atom stereocenters. The number of ether oxygens (including phenoxy) is 1. The van der Waals surface area contributed by atoms with E-state index in [4.69, 9.17) is 9.72 Å². The number of likely N-dealkylation sites (N-methyl/N-ethyl adjacent to an activating group) is 1. The molecule has 4 fully saturated rings. The molecular formula is C23H31N3O2S. The predicted molar refractivity (Wildman–Crippen MR) is 118 cm³/mol. The molecule has 29 heavy (non-hydrogen) atoms. The summed E-state index contributed by atoms with van der Waals surface area (Å²) in [5, 5.41) is 0.843. The maximum absolute atomic E-state index is 14.1. The van der Waals surface area contributed by atoms with E-state index in [9.17, 15) is 4.79 Å². The summed E-state index contributed by atoms with van der Waals surface area (Å²) in [5.41, 5.74) is 0.801. The number of benzene rings is 1. The first-order valence-corrected chi connectivity index (χ1v) is 11.7. The highest BCUT2D eigenvalue weighted by Crippen LogP contribution is 2.60. The van der Waals surface area contributed by atoms with Crippen LogP contribution in [0.5, 0.6) is 5.75 Å². The summed E-state index contributed by atoms with van der Waals surface area (Å²) in [4.78, 5) is 23.1. The summed E-state index contributed by atoms with van der Waals surface area (Å²) >= 11 is 1.61. The van der Waals surface area contributed by atoms with Crippen molar-refractivity contribution in [2.45, 2.75) is 38.5 Å². The van der Waals surface area contributed by atoms with Gasteiger partial charge in [0.1, 0.15) is 5.75 Å². The average molecular weight is 414 g/mol. The SMILES string of the molecule is COc1ccc2nc(N(CCN(C)C)C(=O)C34CC5CC(CC(C5)C3)C4)sc2c1. The number of methoxy groups -OCH3 is 1. The van der Waals surface area contributed by atoms with Crippen LogP contribution in [-0.4, -0.2) is 50.1 Å². The van der Waals surface area contributed by atoms with Crippen LogP contribution in [0.15, 0.2) is 18.2 Å². The van der Waals surface area contributed by atoms with Gasteiger partial charge in [0.15, 0.2) is 5.13 Å². The number of rotatable bonds is 6. The monoisotopic (exact) mass is 413 g/mol. The van der Waals surface area contributed by atoms with Gasteiger partial charge >= 0.3 is 0 Å². The summed E-state index contributed by atoms with van der Waals surface area (Å²) in [6.07, 6.45) is 7.33. The molecule has 5 nitrogen and oxygen atoms in total.